The van der Waals surface area contributed by atoms with Gasteiger partial charge in [0.1, 0.15) is 29.2 Å². The lowest BCUT2D eigenvalue weighted by Gasteiger charge is -2.40. The fourth-order valence-electron chi connectivity index (χ4n) is 5.58. The van der Waals surface area contributed by atoms with E-state index in [0.29, 0.717) is 28.6 Å². The van der Waals surface area contributed by atoms with E-state index in [0.717, 1.165) is 5.39 Å². The van der Waals surface area contributed by atoms with Crippen molar-refractivity contribution >= 4 is 23.1 Å². The van der Waals surface area contributed by atoms with Gasteiger partial charge in [0.2, 0.25) is 0 Å². The van der Waals surface area contributed by atoms with Crippen LogP contribution in [0.25, 0.3) is 28.5 Å². The molecule has 0 bridgehead atoms. The van der Waals surface area contributed by atoms with Crippen molar-refractivity contribution in [3.63, 3.8) is 0 Å². The molecule has 44 heavy (non-hydrogen) atoms. The number of aromatic nitrogens is 4. The number of carbonyl (C=O) groups excluding carboxylic acids is 1. The van der Waals surface area contributed by atoms with Crippen LogP contribution in [-0.2, 0) is 11.4 Å². The SMILES string of the molecule is CC(C)Oc1cccc2ccc(-c3nnc4n3CN([C@@H](N3CC[C@H](N(CCF)C(=O)OC(C)(C)C)C3)C(F)(F)F)C=C4)nc12. The molecule has 0 aliphatic carbocycles. The molecule has 1 amide bonds. The number of para-hydroxylation sites is 1. The van der Waals surface area contributed by atoms with E-state index >= 15 is 0 Å². The third kappa shape index (κ3) is 6.74. The highest BCUT2D eigenvalue weighted by Gasteiger charge is 2.50. The minimum atomic E-state index is -4.65. The summed E-state index contributed by atoms with van der Waals surface area (Å²) in [4.78, 5) is 21.2. The van der Waals surface area contributed by atoms with E-state index in [4.69, 9.17) is 14.5 Å². The third-order valence-corrected chi connectivity index (χ3v) is 7.32. The van der Waals surface area contributed by atoms with Gasteiger partial charge in [-0.3, -0.25) is 9.47 Å². The number of hydrogen-bond donors (Lipinski definition) is 0. The molecule has 0 unspecified atom stereocenters. The Kier molecular flexibility index (Phi) is 8.74. The lowest BCUT2D eigenvalue weighted by atomic mass is 10.2. The predicted octanol–water partition coefficient (Wildman–Crippen LogP) is 5.69. The molecule has 0 radical (unpaired) electrons. The van der Waals surface area contributed by atoms with Gasteiger partial charge in [0.15, 0.2) is 17.8 Å². The van der Waals surface area contributed by atoms with Gasteiger partial charge >= 0.3 is 12.3 Å². The van der Waals surface area contributed by atoms with Crippen LogP contribution in [0, 0.1) is 0 Å². The minimum Gasteiger partial charge on any atom is -0.489 e. The summed E-state index contributed by atoms with van der Waals surface area (Å²) in [5.41, 5.74) is 0.225. The number of nitrogens with zero attached hydrogens (tertiary/aromatic N) is 7. The summed E-state index contributed by atoms with van der Waals surface area (Å²) in [5, 5.41) is 9.30. The van der Waals surface area contributed by atoms with Gasteiger partial charge in [-0.15, -0.1) is 10.2 Å². The monoisotopic (exact) mass is 619 g/mol. The van der Waals surface area contributed by atoms with Crippen LogP contribution >= 0.6 is 0 Å². The van der Waals surface area contributed by atoms with Crippen molar-refractivity contribution in [2.24, 2.45) is 0 Å². The first-order valence-corrected chi connectivity index (χ1v) is 14.6. The highest BCUT2D eigenvalue weighted by atomic mass is 19.4. The summed E-state index contributed by atoms with van der Waals surface area (Å²) in [5.74, 6) is 1.30. The molecular weight excluding hydrogens is 582 g/mol. The van der Waals surface area contributed by atoms with Crippen LogP contribution in [0.5, 0.6) is 5.75 Å². The highest BCUT2D eigenvalue weighted by molar-refractivity contribution is 5.86. The first-order valence-electron chi connectivity index (χ1n) is 14.6. The summed E-state index contributed by atoms with van der Waals surface area (Å²) in [6.45, 7) is 7.54. The Morgan fingerprint density at radius 1 is 1.14 bits per heavy atom. The van der Waals surface area contributed by atoms with Gasteiger partial charge in [-0.25, -0.2) is 14.2 Å². The number of hydrogen-bond acceptors (Lipinski definition) is 8. The van der Waals surface area contributed by atoms with Gasteiger partial charge in [-0.05, 0) is 59.2 Å². The smallest absolute Gasteiger partial charge is 0.422 e. The molecule has 1 aromatic carbocycles. The molecule has 0 saturated carbocycles. The Labute approximate surface area is 253 Å². The number of carbonyl (C=O) groups is 1. The molecule has 0 N–H and O–H groups in total. The quantitative estimate of drug-likeness (QED) is 0.297. The molecule has 1 fully saturated rings. The number of ether oxygens (including phenoxy) is 2. The Balaban J connectivity index is 1.40. The van der Waals surface area contributed by atoms with Crippen molar-refractivity contribution in [3.8, 4) is 17.3 Å². The highest BCUT2D eigenvalue weighted by Crippen LogP contribution is 2.35. The van der Waals surface area contributed by atoms with Crippen molar-refractivity contribution < 1.29 is 31.8 Å². The van der Waals surface area contributed by atoms with Crippen LogP contribution in [0.4, 0.5) is 22.4 Å². The summed E-state index contributed by atoms with van der Waals surface area (Å²) in [6, 6.07) is 8.57. The summed E-state index contributed by atoms with van der Waals surface area (Å²) >= 11 is 0. The first-order chi connectivity index (χ1) is 20.7. The zero-order valence-corrected chi connectivity index (χ0v) is 25.4. The molecule has 10 nitrogen and oxygen atoms in total. The third-order valence-electron chi connectivity index (χ3n) is 7.32. The second-order valence-electron chi connectivity index (χ2n) is 12.2. The lowest BCUT2D eigenvalue weighted by molar-refractivity contribution is -0.220. The summed E-state index contributed by atoms with van der Waals surface area (Å²) < 4.78 is 70.5. The fourth-order valence-corrected chi connectivity index (χ4v) is 5.58. The van der Waals surface area contributed by atoms with Crippen LogP contribution in [-0.4, -0.2) is 96.9 Å². The fraction of sp³-hybridized carbons (Fsp3) is 0.533. The van der Waals surface area contributed by atoms with Crippen LogP contribution in [0.15, 0.2) is 36.5 Å². The maximum atomic E-state index is 14.7. The summed E-state index contributed by atoms with van der Waals surface area (Å²) in [6.07, 6.45) is -4.39. The Morgan fingerprint density at radius 2 is 1.91 bits per heavy atom. The number of fused-ring (bicyclic) bond motifs is 2. The molecule has 2 aromatic heterocycles. The number of likely N-dealkylation sites (tertiary alicyclic amines) is 1. The van der Waals surface area contributed by atoms with Crippen molar-refractivity contribution in [3.05, 3.63) is 42.4 Å². The van der Waals surface area contributed by atoms with Gasteiger partial charge in [0.05, 0.1) is 19.3 Å². The van der Waals surface area contributed by atoms with Gasteiger partial charge in [0, 0.05) is 30.7 Å². The van der Waals surface area contributed by atoms with E-state index < -0.39 is 36.8 Å². The number of rotatable bonds is 8. The Morgan fingerprint density at radius 3 is 2.59 bits per heavy atom. The largest absolute Gasteiger partial charge is 0.489 e. The summed E-state index contributed by atoms with van der Waals surface area (Å²) in [7, 11) is 0. The van der Waals surface area contributed by atoms with Gasteiger partial charge < -0.3 is 19.3 Å². The molecule has 1 saturated heterocycles. The van der Waals surface area contributed by atoms with Crippen molar-refractivity contribution in [2.75, 3.05) is 26.3 Å². The molecule has 2 aliphatic heterocycles. The van der Waals surface area contributed by atoms with E-state index in [1.807, 2.05) is 38.1 Å². The first kappa shape index (κ1) is 31.5. The average molecular weight is 620 g/mol. The zero-order chi connectivity index (χ0) is 31.8. The number of benzene rings is 1. The Bertz CT molecular complexity index is 1520. The zero-order valence-electron chi connectivity index (χ0n) is 25.4. The molecule has 2 atom stereocenters. The molecule has 2 aliphatic rings. The second-order valence-corrected chi connectivity index (χ2v) is 12.2. The molecule has 14 heteroatoms. The predicted molar refractivity (Wildman–Crippen MR) is 156 cm³/mol. The maximum absolute atomic E-state index is 14.7. The van der Waals surface area contributed by atoms with E-state index in [1.54, 1.807) is 31.4 Å². The number of amides is 1. The van der Waals surface area contributed by atoms with E-state index in [2.05, 4.69) is 10.2 Å². The Hall–Kier alpha value is -3.94. The van der Waals surface area contributed by atoms with Crippen LogP contribution in [0.1, 0.15) is 46.9 Å². The van der Waals surface area contributed by atoms with E-state index in [9.17, 15) is 22.4 Å². The van der Waals surface area contributed by atoms with E-state index in [-0.39, 0.29) is 38.8 Å². The van der Waals surface area contributed by atoms with Crippen LogP contribution < -0.4 is 4.74 Å². The number of halogens is 4. The standard InChI is InChI=1S/C30H37F4N7O3/c1-19(2)43-23-8-6-7-20-9-10-22(35-25(20)23)26-37-36-24-12-15-39(18-41(24)26)27(30(32,33)34)38-14-11-21(17-38)40(16-13-31)28(42)44-29(3,4)5/h6-10,12,15,19,21,27H,11,13-14,16-18H2,1-5H3/t21-,27+/m0/s1. The molecule has 238 valence electrons. The van der Waals surface area contributed by atoms with Crippen molar-refractivity contribution in [1.82, 2.24) is 34.4 Å². The molecule has 5 rings (SSSR count). The number of alkyl halides is 4. The number of pyridine rings is 1. The lowest BCUT2D eigenvalue weighted by Crippen LogP contribution is -2.56. The second kappa shape index (κ2) is 12.2. The maximum Gasteiger partial charge on any atom is 0.422 e. The van der Waals surface area contributed by atoms with Gasteiger partial charge in [-0.1, -0.05) is 18.2 Å². The van der Waals surface area contributed by atoms with Crippen molar-refractivity contribution in [2.45, 2.75) is 77.8 Å². The molecular formula is C30H37F4N7O3. The minimum absolute atomic E-state index is 0.0531. The molecule has 3 aromatic rings. The van der Waals surface area contributed by atoms with E-state index in [1.165, 1.54) is 27.0 Å². The van der Waals surface area contributed by atoms with Gasteiger partial charge in [0.25, 0.3) is 0 Å². The van der Waals surface area contributed by atoms with Gasteiger partial charge in [-0.2, -0.15) is 13.2 Å². The normalized spacial score (nSPS) is 18.1. The molecule has 0 spiro atoms. The topological polar surface area (TPSA) is 88.9 Å². The van der Waals surface area contributed by atoms with Crippen molar-refractivity contribution in [1.29, 1.82) is 0 Å². The van der Waals surface area contributed by atoms with Crippen LogP contribution in [0.3, 0.4) is 0 Å². The van der Waals surface area contributed by atoms with Crippen LogP contribution in [0.2, 0.25) is 0 Å². The average Bonchev–Trinajstić information content (AvgIpc) is 3.57. The molecule has 4 heterocycles.